The summed E-state index contributed by atoms with van der Waals surface area (Å²) in [6.45, 7) is 2.27. The standard InChI is InChI=1S/C23H45ClO3/c1-3-4-5-6-7-8-9-10-11-12-13-14-15-16-17-18-19-20-21(25)22(24)23(26)27-2/h21-22,25H,3-20H2,1-2H3. The predicted molar refractivity (Wildman–Crippen MR) is 116 cm³/mol. The lowest BCUT2D eigenvalue weighted by Gasteiger charge is -2.14. The second-order valence-corrected chi connectivity index (χ2v) is 8.41. The summed E-state index contributed by atoms with van der Waals surface area (Å²) in [4.78, 5) is 11.2. The van der Waals surface area contributed by atoms with Gasteiger partial charge in [-0.3, -0.25) is 4.79 Å². The van der Waals surface area contributed by atoms with Crippen LogP contribution in [-0.4, -0.2) is 29.7 Å². The third kappa shape index (κ3) is 17.5. The molecule has 27 heavy (non-hydrogen) atoms. The van der Waals surface area contributed by atoms with E-state index in [0.29, 0.717) is 6.42 Å². The fourth-order valence-electron chi connectivity index (χ4n) is 3.49. The number of carbonyl (C=O) groups is 1. The number of rotatable bonds is 20. The SMILES string of the molecule is CCCCCCCCCCCCCCCCCCCC(O)C(Cl)C(=O)OC. The average Bonchev–Trinajstić information content (AvgIpc) is 2.68. The quantitative estimate of drug-likeness (QED) is 0.133. The lowest BCUT2D eigenvalue weighted by Crippen LogP contribution is -2.30. The van der Waals surface area contributed by atoms with Gasteiger partial charge in [0.2, 0.25) is 0 Å². The molecule has 0 rings (SSSR count). The molecule has 0 aromatic rings. The van der Waals surface area contributed by atoms with E-state index in [9.17, 15) is 9.90 Å². The molecular weight excluding hydrogens is 360 g/mol. The van der Waals surface area contributed by atoms with Crippen molar-refractivity contribution in [2.45, 2.75) is 134 Å². The van der Waals surface area contributed by atoms with Crippen LogP contribution >= 0.6 is 11.6 Å². The predicted octanol–water partition coefficient (Wildman–Crippen LogP) is 7.17. The fourth-order valence-corrected chi connectivity index (χ4v) is 3.71. The van der Waals surface area contributed by atoms with E-state index in [0.717, 1.165) is 12.8 Å². The van der Waals surface area contributed by atoms with Crippen LogP contribution in [0.5, 0.6) is 0 Å². The molecule has 0 amide bonds. The van der Waals surface area contributed by atoms with Crippen LogP contribution < -0.4 is 0 Å². The molecule has 162 valence electrons. The molecule has 0 saturated carbocycles. The molecule has 2 atom stereocenters. The molecule has 0 aromatic heterocycles. The summed E-state index contributed by atoms with van der Waals surface area (Å²) in [5.74, 6) is -0.545. The first-order valence-electron chi connectivity index (χ1n) is 11.5. The van der Waals surface area contributed by atoms with Gasteiger partial charge < -0.3 is 9.84 Å². The minimum absolute atomic E-state index is 0.545. The molecule has 3 nitrogen and oxygen atoms in total. The van der Waals surface area contributed by atoms with Gasteiger partial charge in [0.1, 0.15) is 0 Å². The molecule has 0 fully saturated rings. The molecule has 0 heterocycles. The Morgan fingerprint density at radius 3 is 1.41 bits per heavy atom. The largest absolute Gasteiger partial charge is 0.468 e. The zero-order valence-electron chi connectivity index (χ0n) is 18.0. The summed E-state index contributed by atoms with van der Waals surface area (Å²) in [5, 5.41) is 8.88. The minimum atomic E-state index is -0.934. The topological polar surface area (TPSA) is 46.5 Å². The number of halogens is 1. The highest BCUT2D eigenvalue weighted by Gasteiger charge is 2.24. The second-order valence-electron chi connectivity index (χ2n) is 7.94. The molecule has 0 aliphatic carbocycles. The van der Waals surface area contributed by atoms with Crippen molar-refractivity contribution in [2.75, 3.05) is 7.11 Å². The van der Waals surface area contributed by atoms with E-state index in [1.54, 1.807) is 0 Å². The van der Waals surface area contributed by atoms with E-state index in [1.807, 2.05) is 0 Å². The molecule has 0 saturated heterocycles. The van der Waals surface area contributed by atoms with Gasteiger partial charge in [0.15, 0.2) is 5.38 Å². The number of hydrogen-bond donors (Lipinski definition) is 1. The van der Waals surface area contributed by atoms with E-state index in [2.05, 4.69) is 11.7 Å². The maximum atomic E-state index is 11.2. The van der Waals surface area contributed by atoms with Crippen molar-refractivity contribution >= 4 is 17.6 Å². The highest BCUT2D eigenvalue weighted by atomic mass is 35.5. The summed E-state index contributed by atoms with van der Waals surface area (Å²) in [6, 6.07) is 0. The molecule has 0 aliphatic heterocycles. The van der Waals surface area contributed by atoms with Crippen molar-refractivity contribution in [3.05, 3.63) is 0 Å². The van der Waals surface area contributed by atoms with Crippen molar-refractivity contribution < 1.29 is 14.6 Å². The first-order valence-corrected chi connectivity index (χ1v) is 12.0. The first-order chi connectivity index (χ1) is 13.1. The number of unbranched alkanes of at least 4 members (excludes halogenated alkanes) is 16. The Hall–Kier alpha value is -0.280. The highest BCUT2D eigenvalue weighted by Crippen LogP contribution is 2.16. The lowest BCUT2D eigenvalue weighted by atomic mass is 10.0. The highest BCUT2D eigenvalue weighted by molar-refractivity contribution is 6.30. The molecule has 0 aliphatic rings. The summed E-state index contributed by atoms with van der Waals surface area (Å²) in [7, 11) is 1.29. The molecular formula is C23H45ClO3. The summed E-state index contributed by atoms with van der Waals surface area (Å²) in [6.07, 6.45) is 22.5. The van der Waals surface area contributed by atoms with Gasteiger partial charge in [0.05, 0.1) is 13.2 Å². The first kappa shape index (κ1) is 26.7. The van der Waals surface area contributed by atoms with Crippen LogP contribution in [0.4, 0.5) is 0 Å². The van der Waals surface area contributed by atoms with Gasteiger partial charge in [0.25, 0.3) is 0 Å². The summed E-state index contributed by atoms with van der Waals surface area (Å²) < 4.78 is 4.54. The lowest BCUT2D eigenvalue weighted by molar-refractivity contribution is -0.142. The Labute approximate surface area is 173 Å². The van der Waals surface area contributed by atoms with Crippen LogP contribution in [0.25, 0.3) is 0 Å². The Morgan fingerprint density at radius 2 is 1.07 bits per heavy atom. The molecule has 0 spiro atoms. The van der Waals surface area contributed by atoms with Crippen LogP contribution in [0.2, 0.25) is 0 Å². The molecule has 0 radical (unpaired) electrons. The van der Waals surface area contributed by atoms with Crippen molar-refractivity contribution in [3.8, 4) is 0 Å². The van der Waals surface area contributed by atoms with Gasteiger partial charge in [-0.15, -0.1) is 11.6 Å². The average molecular weight is 405 g/mol. The van der Waals surface area contributed by atoms with Crippen molar-refractivity contribution in [1.29, 1.82) is 0 Å². The van der Waals surface area contributed by atoms with Gasteiger partial charge >= 0.3 is 5.97 Å². The molecule has 1 N–H and O–H groups in total. The van der Waals surface area contributed by atoms with E-state index in [1.165, 1.54) is 103 Å². The van der Waals surface area contributed by atoms with Crippen LogP contribution in [0.15, 0.2) is 0 Å². The number of aliphatic hydroxyl groups is 1. The summed E-state index contributed by atoms with van der Waals surface area (Å²) in [5.41, 5.74) is 0. The third-order valence-corrected chi connectivity index (χ3v) is 5.84. The molecule has 2 unspecified atom stereocenters. The number of alkyl halides is 1. The Bertz CT molecular complexity index is 323. The van der Waals surface area contributed by atoms with Crippen LogP contribution in [-0.2, 0) is 9.53 Å². The number of methoxy groups -OCH3 is 1. The van der Waals surface area contributed by atoms with E-state index in [4.69, 9.17) is 11.6 Å². The Morgan fingerprint density at radius 1 is 0.741 bits per heavy atom. The molecule has 0 aromatic carbocycles. The third-order valence-electron chi connectivity index (χ3n) is 5.37. The van der Waals surface area contributed by atoms with Crippen LogP contribution in [0.3, 0.4) is 0 Å². The molecule has 0 bridgehead atoms. The van der Waals surface area contributed by atoms with Crippen molar-refractivity contribution in [3.63, 3.8) is 0 Å². The maximum absolute atomic E-state index is 11.2. The summed E-state index contributed by atoms with van der Waals surface area (Å²) >= 11 is 5.83. The normalized spacial score (nSPS) is 13.5. The minimum Gasteiger partial charge on any atom is -0.468 e. The van der Waals surface area contributed by atoms with E-state index >= 15 is 0 Å². The number of aliphatic hydroxyl groups excluding tert-OH is 1. The van der Waals surface area contributed by atoms with Gasteiger partial charge in [-0.25, -0.2) is 0 Å². The smallest absolute Gasteiger partial charge is 0.326 e. The maximum Gasteiger partial charge on any atom is 0.326 e. The zero-order valence-corrected chi connectivity index (χ0v) is 18.8. The van der Waals surface area contributed by atoms with Gasteiger partial charge in [-0.2, -0.15) is 0 Å². The van der Waals surface area contributed by atoms with Crippen LogP contribution in [0.1, 0.15) is 122 Å². The number of hydrogen-bond acceptors (Lipinski definition) is 3. The van der Waals surface area contributed by atoms with E-state index in [-0.39, 0.29) is 0 Å². The van der Waals surface area contributed by atoms with Gasteiger partial charge in [-0.1, -0.05) is 116 Å². The second kappa shape index (κ2) is 20.5. The van der Waals surface area contributed by atoms with E-state index < -0.39 is 17.5 Å². The molecule has 4 heteroatoms. The van der Waals surface area contributed by atoms with Crippen LogP contribution in [0, 0.1) is 0 Å². The monoisotopic (exact) mass is 404 g/mol. The number of ether oxygens (including phenoxy) is 1. The van der Waals surface area contributed by atoms with Crippen molar-refractivity contribution in [1.82, 2.24) is 0 Å². The van der Waals surface area contributed by atoms with Gasteiger partial charge in [-0.05, 0) is 6.42 Å². The Balaban J connectivity index is 3.20. The fraction of sp³-hybridized carbons (Fsp3) is 0.957. The Kier molecular flexibility index (Phi) is 20.2. The number of esters is 1. The van der Waals surface area contributed by atoms with Crippen molar-refractivity contribution in [2.24, 2.45) is 0 Å². The number of carbonyl (C=O) groups excluding carboxylic acids is 1. The zero-order chi connectivity index (χ0) is 20.2. The van der Waals surface area contributed by atoms with Gasteiger partial charge in [0, 0.05) is 0 Å².